The first-order valence-corrected chi connectivity index (χ1v) is 8.75. The van der Waals surface area contributed by atoms with E-state index in [1.54, 1.807) is 24.0 Å². The Kier molecular flexibility index (Phi) is 6.31. The number of hydrogen-bond acceptors (Lipinski definition) is 4. The van der Waals surface area contributed by atoms with E-state index in [1.165, 1.54) is 12.1 Å². The van der Waals surface area contributed by atoms with Crippen molar-refractivity contribution in [2.75, 3.05) is 13.1 Å². The highest BCUT2D eigenvalue weighted by Crippen LogP contribution is 2.35. The van der Waals surface area contributed by atoms with Crippen molar-refractivity contribution in [2.45, 2.75) is 45.6 Å². The van der Waals surface area contributed by atoms with E-state index in [0.717, 1.165) is 24.0 Å². The Balaban J connectivity index is 2.61. The summed E-state index contributed by atoms with van der Waals surface area (Å²) in [5.74, 6) is -0.329. The van der Waals surface area contributed by atoms with Crippen LogP contribution in [-0.4, -0.2) is 35.8 Å². The second-order valence-electron chi connectivity index (χ2n) is 6.35. The van der Waals surface area contributed by atoms with Gasteiger partial charge in [-0.15, -0.1) is 0 Å². The average molecular weight is 346 g/mol. The van der Waals surface area contributed by atoms with Gasteiger partial charge >= 0.3 is 0 Å². The van der Waals surface area contributed by atoms with E-state index < -0.39 is 12.0 Å². The standard InChI is InChI=1S/C19H27FN4O/c1-4-10-23-18-15(12(3)21)16(13-6-8-14(20)9-7-13)17(22)19(25)24(18)11-5-2/h6-9,16-17H,4-5,10-11,21-22H2,1-3H3/b15-12-,23-18?/t16-,17-/m0/s1. The van der Waals surface area contributed by atoms with Crippen molar-refractivity contribution in [1.29, 1.82) is 0 Å². The summed E-state index contributed by atoms with van der Waals surface area (Å²) in [5, 5.41) is 0. The molecule has 0 aliphatic carbocycles. The number of hydrogen-bond donors (Lipinski definition) is 2. The number of benzene rings is 1. The lowest BCUT2D eigenvalue weighted by molar-refractivity contribution is -0.129. The van der Waals surface area contributed by atoms with E-state index >= 15 is 0 Å². The molecule has 1 fully saturated rings. The number of nitrogens with two attached hydrogens (primary N) is 2. The first kappa shape index (κ1) is 19.1. The number of aliphatic imine (C=N–C) groups is 1. The van der Waals surface area contributed by atoms with E-state index in [0.29, 0.717) is 24.6 Å². The Morgan fingerprint density at radius 2 is 1.88 bits per heavy atom. The molecule has 1 aliphatic heterocycles. The van der Waals surface area contributed by atoms with Crippen LogP contribution in [-0.2, 0) is 4.79 Å². The fraction of sp³-hybridized carbons (Fsp3) is 0.474. The molecule has 0 spiro atoms. The largest absolute Gasteiger partial charge is 0.402 e. The van der Waals surface area contributed by atoms with Gasteiger partial charge in [-0.1, -0.05) is 26.0 Å². The van der Waals surface area contributed by atoms with Crippen molar-refractivity contribution in [3.05, 3.63) is 46.9 Å². The summed E-state index contributed by atoms with van der Waals surface area (Å²) in [6.45, 7) is 6.97. The summed E-state index contributed by atoms with van der Waals surface area (Å²) < 4.78 is 13.3. The third-order valence-corrected chi connectivity index (χ3v) is 4.30. The summed E-state index contributed by atoms with van der Waals surface area (Å²) in [6, 6.07) is 5.28. The molecule has 0 saturated carbocycles. The van der Waals surface area contributed by atoms with Crippen LogP contribution in [0.25, 0.3) is 0 Å². The predicted molar refractivity (Wildman–Crippen MR) is 98.6 cm³/mol. The summed E-state index contributed by atoms with van der Waals surface area (Å²) >= 11 is 0. The van der Waals surface area contributed by atoms with Gasteiger partial charge in [0.1, 0.15) is 11.7 Å². The molecule has 1 saturated heterocycles. The maximum absolute atomic E-state index is 13.3. The molecule has 0 aromatic heterocycles. The monoisotopic (exact) mass is 346 g/mol. The molecular weight excluding hydrogens is 319 g/mol. The topological polar surface area (TPSA) is 84.7 Å². The molecule has 1 aromatic rings. The van der Waals surface area contributed by atoms with Gasteiger partial charge in [0.2, 0.25) is 5.91 Å². The zero-order valence-corrected chi connectivity index (χ0v) is 15.1. The van der Waals surface area contributed by atoms with Crippen LogP contribution < -0.4 is 11.5 Å². The zero-order valence-electron chi connectivity index (χ0n) is 15.1. The molecule has 1 amide bonds. The van der Waals surface area contributed by atoms with Crippen molar-refractivity contribution < 1.29 is 9.18 Å². The Labute approximate surface area is 148 Å². The molecule has 25 heavy (non-hydrogen) atoms. The molecule has 1 heterocycles. The minimum atomic E-state index is -0.772. The van der Waals surface area contributed by atoms with Crippen molar-refractivity contribution >= 4 is 11.7 Å². The van der Waals surface area contributed by atoms with Crippen molar-refractivity contribution in [1.82, 2.24) is 4.90 Å². The molecule has 2 atom stereocenters. The lowest BCUT2D eigenvalue weighted by atomic mass is 9.79. The number of carbonyl (C=O) groups is 1. The van der Waals surface area contributed by atoms with Crippen LogP contribution in [0.2, 0.25) is 0 Å². The molecule has 5 nitrogen and oxygen atoms in total. The Morgan fingerprint density at radius 1 is 1.24 bits per heavy atom. The van der Waals surface area contributed by atoms with E-state index in [4.69, 9.17) is 11.5 Å². The Bertz CT molecular complexity index is 677. The second-order valence-corrected chi connectivity index (χ2v) is 6.35. The van der Waals surface area contributed by atoms with Gasteiger partial charge in [0.05, 0.1) is 6.04 Å². The summed E-state index contributed by atoms with van der Waals surface area (Å²) in [7, 11) is 0. The van der Waals surface area contributed by atoms with Gasteiger partial charge in [-0.3, -0.25) is 14.7 Å². The maximum Gasteiger partial charge on any atom is 0.246 e. The Hall–Kier alpha value is -2.21. The van der Waals surface area contributed by atoms with Crippen molar-refractivity contribution in [2.24, 2.45) is 16.5 Å². The smallest absolute Gasteiger partial charge is 0.246 e. The highest BCUT2D eigenvalue weighted by atomic mass is 19.1. The number of carbonyl (C=O) groups excluding carboxylic acids is 1. The summed E-state index contributed by atoms with van der Waals surface area (Å²) in [5.41, 5.74) is 14.6. The van der Waals surface area contributed by atoms with Crippen LogP contribution in [0.5, 0.6) is 0 Å². The maximum atomic E-state index is 13.3. The highest BCUT2D eigenvalue weighted by molar-refractivity contribution is 6.14. The molecule has 0 bridgehead atoms. The molecule has 0 radical (unpaired) electrons. The normalized spacial score (nSPS) is 24.8. The number of likely N-dealkylation sites (tertiary alicyclic amines) is 1. The van der Waals surface area contributed by atoms with E-state index in [-0.39, 0.29) is 11.7 Å². The quantitative estimate of drug-likeness (QED) is 0.859. The Morgan fingerprint density at radius 3 is 2.40 bits per heavy atom. The zero-order chi connectivity index (χ0) is 18.6. The number of halogens is 1. The number of amides is 1. The third kappa shape index (κ3) is 3.90. The van der Waals surface area contributed by atoms with Crippen LogP contribution in [0.4, 0.5) is 4.39 Å². The predicted octanol–water partition coefficient (Wildman–Crippen LogP) is 2.53. The number of piperidine rings is 1. The molecule has 0 unspecified atom stereocenters. The number of nitrogens with zero attached hydrogens (tertiary/aromatic N) is 2. The number of amidine groups is 1. The lowest BCUT2D eigenvalue weighted by Gasteiger charge is -2.40. The lowest BCUT2D eigenvalue weighted by Crippen LogP contribution is -2.56. The summed E-state index contributed by atoms with van der Waals surface area (Å²) in [4.78, 5) is 19.2. The van der Waals surface area contributed by atoms with E-state index in [2.05, 4.69) is 4.99 Å². The molecular formula is C19H27FN4O. The molecule has 1 aromatic carbocycles. The van der Waals surface area contributed by atoms with E-state index in [1.807, 2.05) is 13.8 Å². The van der Waals surface area contributed by atoms with Crippen molar-refractivity contribution in [3.8, 4) is 0 Å². The molecule has 1 aliphatic rings. The number of rotatable bonds is 5. The van der Waals surface area contributed by atoms with Crippen LogP contribution in [0.3, 0.4) is 0 Å². The van der Waals surface area contributed by atoms with Crippen LogP contribution >= 0.6 is 0 Å². The molecule has 4 N–H and O–H groups in total. The van der Waals surface area contributed by atoms with E-state index in [9.17, 15) is 9.18 Å². The van der Waals surface area contributed by atoms with Gasteiger partial charge in [-0.05, 0) is 37.5 Å². The second kappa shape index (κ2) is 8.25. The minimum absolute atomic E-state index is 0.170. The summed E-state index contributed by atoms with van der Waals surface area (Å²) in [6.07, 6.45) is 1.66. The first-order valence-electron chi connectivity index (χ1n) is 8.75. The van der Waals surface area contributed by atoms with Gasteiger partial charge in [0.25, 0.3) is 0 Å². The van der Waals surface area contributed by atoms with Gasteiger partial charge in [0.15, 0.2) is 0 Å². The minimum Gasteiger partial charge on any atom is -0.402 e. The highest BCUT2D eigenvalue weighted by Gasteiger charge is 2.42. The fourth-order valence-corrected chi connectivity index (χ4v) is 3.18. The van der Waals surface area contributed by atoms with Gasteiger partial charge in [0, 0.05) is 30.3 Å². The first-order chi connectivity index (χ1) is 11.9. The van der Waals surface area contributed by atoms with Gasteiger partial charge < -0.3 is 11.5 Å². The SMILES string of the molecule is CCCN=C1/C(=C(/C)N)[C@H](c2ccc(F)cc2)[C@H](N)C(=O)N1CCC. The third-order valence-electron chi connectivity index (χ3n) is 4.30. The average Bonchev–Trinajstić information content (AvgIpc) is 2.58. The van der Waals surface area contributed by atoms with Crippen LogP contribution in [0.1, 0.15) is 45.1 Å². The molecule has 2 rings (SSSR count). The molecule has 136 valence electrons. The number of allylic oxidation sites excluding steroid dienone is 1. The van der Waals surface area contributed by atoms with Gasteiger partial charge in [-0.25, -0.2) is 4.39 Å². The fourth-order valence-electron chi connectivity index (χ4n) is 3.18. The molecule has 6 heteroatoms. The van der Waals surface area contributed by atoms with Crippen LogP contribution in [0.15, 0.2) is 40.5 Å². The van der Waals surface area contributed by atoms with Crippen LogP contribution in [0, 0.1) is 5.82 Å². The van der Waals surface area contributed by atoms with Gasteiger partial charge in [-0.2, -0.15) is 0 Å². The van der Waals surface area contributed by atoms with Crippen molar-refractivity contribution in [3.63, 3.8) is 0 Å².